The first-order valence-corrected chi connectivity index (χ1v) is 33.6. The van der Waals surface area contributed by atoms with E-state index in [9.17, 15) is 14.4 Å². The van der Waals surface area contributed by atoms with Crippen molar-refractivity contribution in [2.24, 2.45) is 0 Å². The first-order valence-electron chi connectivity index (χ1n) is 33.6. The summed E-state index contributed by atoms with van der Waals surface area (Å²) in [6.45, 7) is 6.51. The van der Waals surface area contributed by atoms with Crippen LogP contribution in [0.3, 0.4) is 0 Å². The van der Waals surface area contributed by atoms with Crippen LogP contribution in [0.15, 0.2) is 85.1 Å². The van der Waals surface area contributed by atoms with Gasteiger partial charge in [0.05, 0.1) is 0 Å². The van der Waals surface area contributed by atoms with Gasteiger partial charge in [-0.1, -0.05) is 286 Å². The van der Waals surface area contributed by atoms with Gasteiger partial charge in [-0.05, 0) is 116 Å². The number of ether oxygens (including phenoxy) is 3. The van der Waals surface area contributed by atoms with Gasteiger partial charge in [-0.3, -0.25) is 14.4 Å². The summed E-state index contributed by atoms with van der Waals surface area (Å²) in [4.78, 5) is 38.3. The monoisotopic (exact) mass is 1090 g/mol. The molecule has 450 valence electrons. The van der Waals surface area contributed by atoms with E-state index in [4.69, 9.17) is 14.2 Å². The number of hydrogen-bond acceptors (Lipinski definition) is 6. The number of rotatable bonds is 61. The van der Waals surface area contributed by atoms with Gasteiger partial charge in [-0.15, -0.1) is 0 Å². The Morgan fingerprint density at radius 1 is 0.269 bits per heavy atom. The van der Waals surface area contributed by atoms with Gasteiger partial charge in [-0.25, -0.2) is 0 Å². The molecule has 0 N–H and O–H groups in total. The molecule has 1 unspecified atom stereocenters. The molecule has 0 heterocycles. The van der Waals surface area contributed by atoms with Crippen LogP contribution >= 0.6 is 0 Å². The third-order valence-corrected chi connectivity index (χ3v) is 14.6. The van der Waals surface area contributed by atoms with Gasteiger partial charge in [0.2, 0.25) is 0 Å². The van der Waals surface area contributed by atoms with E-state index < -0.39 is 6.10 Å². The molecule has 1 atom stereocenters. The second-order valence-electron chi connectivity index (χ2n) is 22.3. The zero-order valence-electron chi connectivity index (χ0n) is 51.7. The van der Waals surface area contributed by atoms with Gasteiger partial charge in [0.1, 0.15) is 13.2 Å². The number of esters is 3. The normalized spacial score (nSPS) is 12.6. The summed E-state index contributed by atoms with van der Waals surface area (Å²) in [6.07, 6.45) is 87.5. The van der Waals surface area contributed by atoms with E-state index in [1.54, 1.807) is 0 Å². The van der Waals surface area contributed by atoms with E-state index >= 15 is 0 Å². The molecule has 0 saturated carbocycles. The van der Waals surface area contributed by atoms with Crippen molar-refractivity contribution in [1.29, 1.82) is 0 Å². The van der Waals surface area contributed by atoms with Crippen molar-refractivity contribution in [3.63, 3.8) is 0 Å². The van der Waals surface area contributed by atoms with Crippen LogP contribution in [-0.4, -0.2) is 37.2 Å². The van der Waals surface area contributed by atoms with E-state index in [0.29, 0.717) is 19.3 Å². The van der Waals surface area contributed by atoms with Gasteiger partial charge in [0.25, 0.3) is 0 Å². The van der Waals surface area contributed by atoms with Crippen molar-refractivity contribution in [2.45, 2.75) is 341 Å². The molecule has 0 aromatic carbocycles. The first-order chi connectivity index (χ1) is 38.5. The number of unbranched alkanes of at least 4 members (excludes halogenated alkanes) is 36. The van der Waals surface area contributed by atoms with Gasteiger partial charge < -0.3 is 14.2 Å². The largest absolute Gasteiger partial charge is 0.462 e. The molecule has 0 bridgehead atoms. The van der Waals surface area contributed by atoms with E-state index in [1.165, 1.54) is 167 Å². The lowest BCUT2D eigenvalue weighted by Gasteiger charge is -2.18. The van der Waals surface area contributed by atoms with Crippen LogP contribution in [0.25, 0.3) is 0 Å². The average molecular weight is 1090 g/mol. The summed E-state index contributed by atoms with van der Waals surface area (Å²) in [5.74, 6) is -0.904. The van der Waals surface area contributed by atoms with Crippen molar-refractivity contribution >= 4 is 17.9 Å². The fourth-order valence-electron chi connectivity index (χ4n) is 9.58. The molecule has 0 fully saturated rings. The SMILES string of the molecule is CC/C=C\C/C=C\C/C=C\CCCCCCCC(=O)OCC(COC(=O)CCCCCCCCCCCCCCCCCCC/C=C\C/C=C\CCCCCCC)OC(=O)CCCCCCC/C=C\C/C=C\CCCCCC. The molecule has 0 amide bonds. The van der Waals surface area contributed by atoms with Crippen molar-refractivity contribution in [3.8, 4) is 0 Å². The van der Waals surface area contributed by atoms with E-state index in [-0.39, 0.29) is 31.1 Å². The molecule has 0 radical (unpaired) electrons. The van der Waals surface area contributed by atoms with Crippen LogP contribution in [0.2, 0.25) is 0 Å². The van der Waals surface area contributed by atoms with Gasteiger partial charge in [0.15, 0.2) is 6.10 Å². The summed E-state index contributed by atoms with van der Waals surface area (Å²) >= 11 is 0. The quantitative estimate of drug-likeness (QED) is 0.0261. The highest BCUT2D eigenvalue weighted by molar-refractivity contribution is 5.71. The van der Waals surface area contributed by atoms with Crippen LogP contribution in [0.1, 0.15) is 335 Å². The maximum absolute atomic E-state index is 12.9. The minimum absolute atomic E-state index is 0.0859. The molecule has 6 heteroatoms. The predicted molar refractivity (Wildman–Crippen MR) is 339 cm³/mol. The summed E-state index contributed by atoms with van der Waals surface area (Å²) in [6, 6.07) is 0. The number of carbonyl (C=O) groups is 3. The topological polar surface area (TPSA) is 78.9 Å². The van der Waals surface area contributed by atoms with Crippen molar-refractivity contribution in [2.75, 3.05) is 13.2 Å². The molecule has 0 spiro atoms. The standard InChI is InChI=1S/C72H126O6/c1-4-7-10-13-16-19-22-25-28-30-31-32-33-34-35-36-37-38-39-40-41-42-45-47-50-53-56-59-62-65-71(74)77-68-69(67-76-70(73)64-61-58-55-52-49-46-43-27-24-21-18-15-12-9-6-3)78-72(75)66-63-60-57-54-51-48-44-29-26-23-20-17-14-11-8-5-2/h9,12,18,20-23,25,27,29-31,43-44,69H,4-8,10-11,13-17,19,24,26,28,32-42,45-68H2,1-3H3/b12-9-,21-18-,23-20-,25-22-,31-30-,43-27-,44-29-. The van der Waals surface area contributed by atoms with E-state index in [0.717, 1.165) is 128 Å². The van der Waals surface area contributed by atoms with Crippen LogP contribution in [-0.2, 0) is 28.6 Å². The molecule has 6 nitrogen and oxygen atoms in total. The summed E-state index contributed by atoms with van der Waals surface area (Å²) < 4.78 is 16.9. The number of allylic oxidation sites excluding steroid dienone is 14. The predicted octanol–water partition coefficient (Wildman–Crippen LogP) is 23.1. The zero-order valence-corrected chi connectivity index (χ0v) is 51.7. The molecular formula is C72H126O6. The lowest BCUT2D eigenvalue weighted by Crippen LogP contribution is -2.30. The maximum atomic E-state index is 12.9. The van der Waals surface area contributed by atoms with E-state index in [1.807, 2.05) is 0 Å². The minimum Gasteiger partial charge on any atom is -0.462 e. The molecule has 0 aliphatic rings. The summed E-state index contributed by atoms with van der Waals surface area (Å²) in [5, 5.41) is 0. The van der Waals surface area contributed by atoms with Crippen molar-refractivity contribution < 1.29 is 28.6 Å². The third-order valence-electron chi connectivity index (χ3n) is 14.6. The molecule has 0 rings (SSSR count). The molecule has 0 aliphatic heterocycles. The maximum Gasteiger partial charge on any atom is 0.306 e. The Morgan fingerprint density at radius 2 is 0.500 bits per heavy atom. The van der Waals surface area contributed by atoms with Crippen LogP contribution in [0, 0.1) is 0 Å². The van der Waals surface area contributed by atoms with Crippen LogP contribution in [0.5, 0.6) is 0 Å². The number of carbonyl (C=O) groups excluding carboxylic acids is 3. The smallest absolute Gasteiger partial charge is 0.306 e. The Balaban J connectivity index is 4.25. The Labute approximate surface area is 484 Å². The average Bonchev–Trinajstić information content (AvgIpc) is 3.44. The fraction of sp³-hybridized carbons (Fsp3) is 0.764. The fourth-order valence-corrected chi connectivity index (χ4v) is 9.58. The lowest BCUT2D eigenvalue weighted by molar-refractivity contribution is -0.167. The molecule has 0 saturated heterocycles. The highest BCUT2D eigenvalue weighted by atomic mass is 16.6. The minimum atomic E-state index is -0.792. The van der Waals surface area contributed by atoms with Gasteiger partial charge in [-0.2, -0.15) is 0 Å². The lowest BCUT2D eigenvalue weighted by atomic mass is 10.0. The summed E-state index contributed by atoms with van der Waals surface area (Å²) in [5.41, 5.74) is 0. The molecule has 78 heavy (non-hydrogen) atoms. The Bertz CT molecular complexity index is 1480. The number of hydrogen-bond donors (Lipinski definition) is 0. The van der Waals surface area contributed by atoms with E-state index in [2.05, 4.69) is 106 Å². The Hall–Kier alpha value is -3.41. The van der Waals surface area contributed by atoms with Crippen LogP contribution < -0.4 is 0 Å². The second kappa shape index (κ2) is 66.1. The van der Waals surface area contributed by atoms with Gasteiger partial charge in [0, 0.05) is 19.3 Å². The van der Waals surface area contributed by atoms with Gasteiger partial charge >= 0.3 is 17.9 Å². The molecular weight excluding hydrogens is 961 g/mol. The first kappa shape index (κ1) is 74.6. The van der Waals surface area contributed by atoms with Crippen LogP contribution in [0.4, 0.5) is 0 Å². The second-order valence-corrected chi connectivity index (χ2v) is 22.3. The molecule has 0 aromatic rings. The summed E-state index contributed by atoms with van der Waals surface area (Å²) in [7, 11) is 0. The molecule has 0 aromatic heterocycles. The molecule has 0 aliphatic carbocycles. The Kier molecular flexibility index (Phi) is 63.2. The third kappa shape index (κ3) is 63.4. The highest BCUT2D eigenvalue weighted by Gasteiger charge is 2.19. The zero-order chi connectivity index (χ0) is 56.4. The highest BCUT2D eigenvalue weighted by Crippen LogP contribution is 2.17. The van der Waals surface area contributed by atoms with Crippen molar-refractivity contribution in [3.05, 3.63) is 85.1 Å². The Morgan fingerprint density at radius 3 is 0.795 bits per heavy atom. The van der Waals surface area contributed by atoms with Crippen molar-refractivity contribution in [1.82, 2.24) is 0 Å².